The van der Waals surface area contributed by atoms with Gasteiger partial charge in [0, 0.05) is 23.5 Å². The van der Waals surface area contributed by atoms with Gasteiger partial charge in [0.2, 0.25) is 6.04 Å². The molecule has 7 heteroatoms. The Balaban J connectivity index is 4.04. The van der Waals surface area contributed by atoms with Crippen LogP contribution in [0.1, 0.15) is 39.5 Å². The standard InChI is InChI=1S/C9H18N4O3/c1-3-4-8(13(15)16)6-5-7(2)11-12-9(10)14/h8H,3-6H2,1-2H3,(H3,10,12,14)/b11-7+. The van der Waals surface area contributed by atoms with Gasteiger partial charge in [-0.05, 0) is 19.8 Å². The molecule has 0 radical (unpaired) electrons. The van der Waals surface area contributed by atoms with Crippen LogP contribution >= 0.6 is 0 Å². The first-order chi connectivity index (χ1) is 7.47. The van der Waals surface area contributed by atoms with Gasteiger partial charge in [-0.25, -0.2) is 10.2 Å². The lowest BCUT2D eigenvalue weighted by molar-refractivity contribution is -0.524. The summed E-state index contributed by atoms with van der Waals surface area (Å²) in [6.07, 6.45) is 2.24. The van der Waals surface area contributed by atoms with Crippen molar-refractivity contribution in [1.29, 1.82) is 0 Å². The van der Waals surface area contributed by atoms with Crippen molar-refractivity contribution in [2.45, 2.75) is 45.6 Å². The van der Waals surface area contributed by atoms with Crippen molar-refractivity contribution in [3.8, 4) is 0 Å². The summed E-state index contributed by atoms with van der Waals surface area (Å²) in [5, 5.41) is 14.3. The smallest absolute Gasteiger partial charge is 0.332 e. The van der Waals surface area contributed by atoms with Crippen molar-refractivity contribution in [3.63, 3.8) is 0 Å². The minimum atomic E-state index is -0.737. The van der Waals surface area contributed by atoms with Crippen molar-refractivity contribution in [2.24, 2.45) is 10.8 Å². The summed E-state index contributed by atoms with van der Waals surface area (Å²) in [5.41, 5.74) is 7.54. The largest absolute Gasteiger partial charge is 0.350 e. The number of nitro groups is 1. The van der Waals surface area contributed by atoms with Gasteiger partial charge in [-0.15, -0.1) is 0 Å². The summed E-state index contributed by atoms with van der Waals surface area (Å²) in [4.78, 5) is 20.7. The van der Waals surface area contributed by atoms with Crippen molar-refractivity contribution < 1.29 is 9.72 Å². The van der Waals surface area contributed by atoms with E-state index in [0.29, 0.717) is 25.0 Å². The highest BCUT2D eigenvalue weighted by atomic mass is 16.6. The highest BCUT2D eigenvalue weighted by Crippen LogP contribution is 2.09. The highest BCUT2D eigenvalue weighted by molar-refractivity contribution is 5.83. The predicted octanol–water partition coefficient (Wildman–Crippen LogP) is 1.26. The van der Waals surface area contributed by atoms with Crippen LogP contribution in [-0.2, 0) is 0 Å². The third-order valence-corrected chi connectivity index (χ3v) is 2.12. The lowest BCUT2D eigenvalue weighted by atomic mass is 10.1. The lowest BCUT2D eigenvalue weighted by Gasteiger charge is -2.07. The highest BCUT2D eigenvalue weighted by Gasteiger charge is 2.18. The second-order valence-electron chi connectivity index (χ2n) is 3.59. The first kappa shape index (κ1) is 14.3. The Bertz CT molecular complexity index is 278. The summed E-state index contributed by atoms with van der Waals surface area (Å²) in [6, 6.07) is -1.28. The second kappa shape index (κ2) is 7.61. The molecule has 0 aliphatic rings. The van der Waals surface area contributed by atoms with Crippen molar-refractivity contribution >= 4 is 11.7 Å². The van der Waals surface area contributed by atoms with Gasteiger partial charge in [-0.2, -0.15) is 5.10 Å². The molecular formula is C9H18N4O3. The Morgan fingerprint density at radius 2 is 2.19 bits per heavy atom. The molecule has 2 amide bonds. The zero-order valence-corrected chi connectivity index (χ0v) is 9.60. The first-order valence-electron chi connectivity index (χ1n) is 5.19. The number of nitrogens with zero attached hydrogens (tertiary/aromatic N) is 2. The number of nitrogens with two attached hydrogens (primary N) is 1. The minimum Gasteiger partial charge on any atom is -0.350 e. The van der Waals surface area contributed by atoms with Crippen molar-refractivity contribution in [2.75, 3.05) is 0 Å². The van der Waals surface area contributed by atoms with Crippen molar-refractivity contribution in [1.82, 2.24) is 5.43 Å². The average molecular weight is 230 g/mol. The second-order valence-corrected chi connectivity index (χ2v) is 3.59. The van der Waals surface area contributed by atoms with Crippen LogP contribution in [0.5, 0.6) is 0 Å². The number of amides is 2. The molecule has 0 aromatic carbocycles. The Kier molecular flexibility index (Phi) is 6.82. The molecule has 16 heavy (non-hydrogen) atoms. The van der Waals surface area contributed by atoms with Crippen LogP contribution < -0.4 is 11.2 Å². The van der Waals surface area contributed by atoms with Crippen LogP contribution in [-0.4, -0.2) is 22.7 Å². The zero-order valence-electron chi connectivity index (χ0n) is 9.60. The SMILES string of the molecule is CCCC(CC/C(C)=N/NC(N)=O)[N+](=O)[O-]. The van der Waals surface area contributed by atoms with E-state index >= 15 is 0 Å². The molecule has 0 aromatic rings. The van der Waals surface area contributed by atoms with Crippen LogP contribution in [0.3, 0.4) is 0 Å². The Hall–Kier alpha value is -1.66. The molecule has 1 unspecified atom stereocenters. The van der Waals surface area contributed by atoms with E-state index in [2.05, 4.69) is 10.5 Å². The fraction of sp³-hybridized carbons (Fsp3) is 0.778. The molecule has 0 saturated heterocycles. The topological polar surface area (TPSA) is 111 Å². The number of primary amides is 1. The molecular weight excluding hydrogens is 212 g/mol. The van der Waals surface area contributed by atoms with E-state index in [0.717, 1.165) is 6.42 Å². The average Bonchev–Trinajstić information content (AvgIpc) is 2.20. The van der Waals surface area contributed by atoms with Crippen LogP contribution in [0.2, 0.25) is 0 Å². The molecule has 92 valence electrons. The molecule has 0 heterocycles. The van der Waals surface area contributed by atoms with E-state index in [-0.39, 0.29) is 4.92 Å². The molecule has 0 spiro atoms. The van der Waals surface area contributed by atoms with Crippen LogP contribution in [0.15, 0.2) is 5.10 Å². The Morgan fingerprint density at radius 3 is 2.62 bits per heavy atom. The number of hydrazone groups is 1. The fourth-order valence-electron chi connectivity index (χ4n) is 1.27. The van der Waals surface area contributed by atoms with Gasteiger partial charge in [0.25, 0.3) is 0 Å². The van der Waals surface area contributed by atoms with Gasteiger partial charge in [0.05, 0.1) is 0 Å². The molecule has 3 N–H and O–H groups in total. The summed E-state index contributed by atoms with van der Waals surface area (Å²) in [6.45, 7) is 3.60. The van der Waals surface area contributed by atoms with Crippen molar-refractivity contribution in [3.05, 3.63) is 10.1 Å². The molecule has 0 saturated carbocycles. The molecule has 7 nitrogen and oxygen atoms in total. The molecule has 0 aliphatic carbocycles. The first-order valence-corrected chi connectivity index (χ1v) is 5.19. The molecule has 1 atom stereocenters. The molecule has 0 bridgehead atoms. The van der Waals surface area contributed by atoms with Gasteiger partial charge in [0.15, 0.2) is 0 Å². The number of urea groups is 1. The third-order valence-electron chi connectivity index (χ3n) is 2.12. The quantitative estimate of drug-likeness (QED) is 0.390. The molecule has 0 rings (SSSR count). The maximum atomic E-state index is 10.6. The Morgan fingerprint density at radius 1 is 1.56 bits per heavy atom. The predicted molar refractivity (Wildman–Crippen MR) is 60.8 cm³/mol. The summed E-state index contributed by atoms with van der Waals surface area (Å²) in [7, 11) is 0. The maximum Gasteiger partial charge on any atom is 0.332 e. The van der Waals surface area contributed by atoms with E-state index in [9.17, 15) is 14.9 Å². The minimum absolute atomic E-state index is 0.266. The van der Waals surface area contributed by atoms with Gasteiger partial charge in [-0.1, -0.05) is 6.92 Å². The van der Waals surface area contributed by atoms with Gasteiger partial charge >= 0.3 is 6.03 Å². The molecule has 0 fully saturated rings. The monoisotopic (exact) mass is 230 g/mol. The summed E-state index contributed by atoms with van der Waals surface area (Å²) >= 11 is 0. The zero-order chi connectivity index (χ0) is 12.6. The molecule has 0 aromatic heterocycles. The van der Waals surface area contributed by atoms with Crippen LogP contribution in [0.25, 0.3) is 0 Å². The van der Waals surface area contributed by atoms with E-state index in [1.165, 1.54) is 0 Å². The normalized spacial score (nSPS) is 13.2. The number of hydrogen-bond acceptors (Lipinski definition) is 4. The number of carbonyl (C=O) groups excluding carboxylic acids is 1. The van der Waals surface area contributed by atoms with Crippen LogP contribution in [0, 0.1) is 10.1 Å². The Labute approximate surface area is 94.2 Å². The summed E-state index contributed by atoms with van der Waals surface area (Å²) < 4.78 is 0. The van der Waals surface area contributed by atoms with E-state index < -0.39 is 12.1 Å². The number of carbonyl (C=O) groups is 1. The number of rotatable bonds is 7. The molecule has 0 aliphatic heterocycles. The van der Waals surface area contributed by atoms with Gasteiger partial charge < -0.3 is 5.73 Å². The maximum absolute atomic E-state index is 10.6. The lowest BCUT2D eigenvalue weighted by Crippen LogP contribution is -2.26. The van der Waals surface area contributed by atoms with E-state index in [1.54, 1.807) is 6.92 Å². The third kappa shape index (κ3) is 6.74. The van der Waals surface area contributed by atoms with Gasteiger partial charge in [-0.3, -0.25) is 10.1 Å². The number of hydrogen-bond donors (Lipinski definition) is 2. The summed E-state index contributed by atoms with van der Waals surface area (Å²) in [5.74, 6) is 0. The van der Waals surface area contributed by atoms with Gasteiger partial charge in [0.1, 0.15) is 0 Å². The van der Waals surface area contributed by atoms with E-state index in [1.807, 2.05) is 6.92 Å². The van der Waals surface area contributed by atoms with Crippen LogP contribution in [0.4, 0.5) is 4.79 Å². The fourth-order valence-corrected chi connectivity index (χ4v) is 1.27. The van der Waals surface area contributed by atoms with E-state index in [4.69, 9.17) is 5.73 Å². The number of nitrogens with one attached hydrogen (secondary N) is 1.